The molecule has 2 aromatic carbocycles. The minimum absolute atomic E-state index is 0.102. The molecule has 0 saturated carbocycles. The molecule has 2 N–H and O–H groups in total. The Bertz CT molecular complexity index is 915. The van der Waals surface area contributed by atoms with Gasteiger partial charge in [0.1, 0.15) is 5.75 Å². The molecular formula is C23H32N2O4S. The molecule has 0 aliphatic rings. The Kier molecular flexibility index (Phi) is 8.43. The van der Waals surface area contributed by atoms with Gasteiger partial charge in [0.15, 0.2) is 0 Å². The lowest BCUT2D eigenvalue weighted by atomic mass is 9.87. The minimum Gasteiger partial charge on any atom is -0.494 e. The molecule has 0 aromatic heterocycles. The van der Waals surface area contributed by atoms with Crippen molar-refractivity contribution in [1.29, 1.82) is 0 Å². The third-order valence-electron chi connectivity index (χ3n) is 4.61. The number of hydrogen-bond acceptors (Lipinski definition) is 4. The van der Waals surface area contributed by atoms with Gasteiger partial charge in [-0.05, 0) is 48.6 Å². The SMILES string of the molecule is Cc1ccc(S(=O)(=O)NCCNC(=O)CCCOc2ccc(C(C)(C)C)cc2)cc1. The normalized spacial score (nSPS) is 11.9. The lowest BCUT2D eigenvalue weighted by Gasteiger charge is -2.19. The third-order valence-corrected chi connectivity index (χ3v) is 6.08. The molecule has 164 valence electrons. The molecule has 0 heterocycles. The third kappa shape index (κ3) is 7.80. The molecule has 7 heteroatoms. The van der Waals surface area contributed by atoms with Gasteiger partial charge in [-0.15, -0.1) is 0 Å². The van der Waals surface area contributed by atoms with Gasteiger partial charge < -0.3 is 10.1 Å². The van der Waals surface area contributed by atoms with Gasteiger partial charge in [0.05, 0.1) is 11.5 Å². The van der Waals surface area contributed by atoms with Crippen molar-refractivity contribution in [3.8, 4) is 5.75 Å². The number of nitrogens with one attached hydrogen (secondary N) is 2. The lowest BCUT2D eigenvalue weighted by molar-refractivity contribution is -0.121. The summed E-state index contributed by atoms with van der Waals surface area (Å²) in [5.41, 5.74) is 2.34. The molecule has 0 saturated heterocycles. The zero-order valence-corrected chi connectivity index (χ0v) is 19.0. The number of carbonyl (C=O) groups excluding carboxylic acids is 1. The summed E-state index contributed by atoms with van der Waals surface area (Å²) >= 11 is 0. The van der Waals surface area contributed by atoms with E-state index in [4.69, 9.17) is 4.74 Å². The predicted molar refractivity (Wildman–Crippen MR) is 119 cm³/mol. The molecule has 2 aromatic rings. The van der Waals surface area contributed by atoms with Crippen molar-refractivity contribution >= 4 is 15.9 Å². The molecule has 30 heavy (non-hydrogen) atoms. The van der Waals surface area contributed by atoms with E-state index in [1.807, 2.05) is 19.1 Å². The van der Waals surface area contributed by atoms with Crippen LogP contribution in [-0.2, 0) is 20.2 Å². The summed E-state index contributed by atoms with van der Waals surface area (Å²) in [5.74, 6) is 0.658. The number of carbonyl (C=O) groups is 1. The average Bonchev–Trinajstić information content (AvgIpc) is 2.69. The van der Waals surface area contributed by atoms with Crippen molar-refractivity contribution in [2.24, 2.45) is 0 Å². The summed E-state index contributed by atoms with van der Waals surface area (Å²) in [6.45, 7) is 9.20. The number of benzene rings is 2. The molecule has 0 aliphatic carbocycles. The number of aryl methyl sites for hydroxylation is 1. The lowest BCUT2D eigenvalue weighted by Crippen LogP contribution is -2.34. The van der Waals surface area contributed by atoms with Gasteiger partial charge >= 0.3 is 0 Å². The Morgan fingerprint density at radius 2 is 1.60 bits per heavy atom. The summed E-state index contributed by atoms with van der Waals surface area (Å²) in [6, 6.07) is 14.6. The van der Waals surface area contributed by atoms with Crippen LogP contribution < -0.4 is 14.8 Å². The molecule has 0 unspecified atom stereocenters. The number of hydrogen-bond donors (Lipinski definition) is 2. The minimum atomic E-state index is -3.56. The van der Waals surface area contributed by atoms with E-state index in [0.29, 0.717) is 19.4 Å². The molecule has 0 radical (unpaired) electrons. The quantitative estimate of drug-likeness (QED) is 0.563. The fourth-order valence-electron chi connectivity index (χ4n) is 2.75. The van der Waals surface area contributed by atoms with Crippen LogP contribution in [-0.4, -0.2) is 34.0 Å². The molecule has 0 spiro atoms. The maximum atomic E-state index is 12.2. The van der Waals surface area contributed by atoms with Gasteiger partial charge in [0.25, 0.3) is 0 Å². The van der Waals surface area contributed by atoms with Crippen LogP contribution in [0.5, 0.6) is 5.75 Å². The Hall–Kier alpha value is -2.38. The van der Waals surface area contributed by atoms with Crippen molar-refractivity contribution in [3.05, 3.63) is 59.7 Å². The second kappa shape index (κ2) is 10.6. The molecule has 6 nitrogen and oxygen atoms in total. The Balaban J connectivity index is 1.62. The summed E-state index contributed by atoms with van der Waals surface area (Å²) in [6.07, 6.45) is 0.909. The first-order valence-electron chi connectivity index (χ1n) is 10.1. The van der Waals surface area contributed by atoms with E-state index in [1.54, 1.807) is 24.3 Å². The second-order valence-corrected chi connectivity index (χ2v) is 10.1. The molecule has 1 amide bonds. The van der Waals surface area contributed by atoms with Crippen LogP contribution in [0.25, 0.3) is 0 Å². The zero-order valence-electron chi connectivity index (χ0n) is 18.2. The summed E-state index contributed by atoms with van der Waals surface area (Å²) in [7, 11) is -3.56. The highest BCUT2D eigenvalue weighted by Crippen LogP contribution is 2.24. The molecule has 0 aliphatic heterocycles. The largest absolute Gasteiger partial charge is 0.494 e. The topological polar surface area (TPSA) is 84.5 Å². The van der Waals surface area contributed by atoms with Crippen LogP contribution in [0.15, 0.2) is 53.4 Å². The number of rotatable bonds is 10. The second-order valence-electron chi connectivity index (χ2n) is 8.29. The van der Waals surface area contributed by atoms with E-state index >= 15 is 0 Å². The van der Waals surface area contributed by atoms with Crippen LogP contribution in [0.2, 0.25) is 0 Å². The van der Waals surface area contributed by atoms with Gasteiger partial charge in [0.2, 0.25) is 15.9 Å². The first-order valence-corrected chi connectivity index (χ1v) is 11.6. The van der Waals surface area contributed by atoms with Gasteiger partial charge in [-0.3, -0.25) is 4.79 Å². The number of amides is 1. The van der Waals surface area contributed by atoms with E-state index in [9.17, 15) is 13.2 Å². The molecule has 0 atom stereocenters. The van der Waals surface area contributed by atoms with Crippen molar-refractivity contribution < 1.29 is 17.9 Å². The van der Waals surface area contributed by atoms with Gasteiger partial charge in [-0.1, -0.05) is 50.6 Å². The molecule has 0 fully saturated rings. The average molecular weight is 433 g/mol. The van der Waals surface area contributed by atoms with Gasteiger partial charge in [-0.2, -0.15) is 0 Å². The fourth-order valence-corrected chi connectivity index (χ4v) is 3.78. The fraction of sp³-hybridized carbons (Fsp3) is 0.435. The maximum Gasteiger partial charge on any atom is 0.240 e. The van der Waals surface area contributed by atoms with Crippen LogP contribution in [0.3, 0.4) is 0 Å². The Morgan fingerprint density at radius 3 is 2.20 bits per heavy atom. The number of ether oxygens (including phenoxy) is 1. The van der Waals surface area contributed by atoms with E-state index in [0.717, 1.165) is 11.3 Å². The van der Waals surface area contributed by atoms with Crippen LogP contribution in [0.4, 0.5) is 0 Å². The van der Waals surface area contributed by atoms with Crippen molar-refractivity contribution in [1.82, 2.24) is 10.0 Å². The highest BCUT2D eigenvalue weighted by Gasteiger charge is 2.14. The van der Waals surface area contributed by atoms with E-state index in [-0.39, 0.29) is 29.3 Å². The van der Waals surface area contributed by atoms with Gasteiger partial charge in [0, 0.05) is 19.5 Å². The smallest absolute Gasteiger partial charge is 0.240 e. The van der Waals surface area contributed by atoms with Crippen molar-refractivity contribution in [3.63, 3.8) is 0 Å². The maximum absolute atomic E-state index is 12.2. The first-order chi connectivity index (χ1) is 14.1. The van der Waals surface area contributed by atoms with Crippen molar-refractivity contribution in [2.75, 3.05) is 19.7 Å². The Labute approximate surface area is 180 Å². The van der Waals surface area contributed by atoms with E-state index in [1.165, 1.54) is 5.56 Å². The predicted octanol–water partition coefficient (Wildman–Crippen LogP) is 3.55. The summed E-state index contributed by atoms with van der Waals surface area (Å²) < 4.78 is 32.5. The number of sulfonamides is 1. The van der Waals surface area contributed by atoms with Gasteiger partial charge in [-0.25, -0.2) is 13.1 Å². The van der Waals surface area contributed by atoms with Crippen LogP contribution in [0, 0.1) is 6.92 Å². The molecular weight excluding hydrogens is 400 g/mol. The summed E-state index contributed by atoms with van der Waals surface area (Å²) in [4.78, 5) is 12.1. The van der Waals surface area contributed by atoms with E-state index < -0.39 is 10.0 Å². The first kappa shape index (κ1) is 23.9. The Morgan fingerprint density at radius 1 is 0.967 bits per heavy atom. The molecule has 0 bridgehead atoms. The highest BCUT2D eigenvalue weighted by molar-refractivity contribution is 7.89. The zero-order chi connectivity index (χ0) is 22.2. The molecule has 2 rings (SSSR count). The van der Waals surface area contributed by atoms with Crippen LogP contribution in [0.1, 0.15) is 44.7 Å². The van der Waals surface area contributed by atoms with E-state index in [2.05, 4.69) is 42.9 Å². The van der Waals surface area contributed by atoms with Crippen LogP contribution >= 0.6 is 0 Å². The summed E-state index contributed by atoms with van der Waals surface area (Å²) in [5, 5.41) is 2.72. The monoisotopic (exact) mass is 432 g/mol. The van der Waals surface area contributed by atoms with Crippen molar-refractivity contribution in [2.45, 2.75) is 50.8 Å². The highest BCUT2D eigenvalue weighted by atomic mass is 32.2. The standard InChI is InChI=1S/C23H32N2O4S/c1-18-7-13-21(14-8-18)30(27,28)25-16-15-24-22(26)6-5-17-29-20-11-9-19(10-12-20)23(2,3)4/h7-14,25H,5-6,15-17H2,1-4H3,(H,24,26).